The van der Waals surface area contributed by atoms with Crippen LogP contribution in [-0.4, -0.2) is 41.4 Å². The number of rotatable bonds is 6. The lowest BCUT2D eigenvalue weighted by Crippen LogP contribution is -2.47. The second kappa shape index (κ2) is 7.17. The summed E-state index contributed by atoms with van der Waals surface area (Å²) >= 11 is 0. The van der Waals surface area contributed by atoms with Crippen molar-refractivity contribution in [3.05, 3.63) is 71.8 Å². The fourth-order valence-electron chi connectivity index (χ4n) is 5.05. The predicted octanol–water partition coefficient (Wildman–Crippen LogP) is 3.65. The van der Waals surface area contributed by atoms with Crippen molar-refractivity contribution in [2.45, 2.75) is 37.0 Å². The largest absolute Gasteiger partial charge is 0.481 e. The van der Waals surface area contributed by atoms with Crippen molar-refractivity contribution in [1.29, 1.82) is 0 Å². The monoisotopic (exact) mass is 377 g/mol. The molecular weight excluding hydrogens is 350 g/mol. The van der Waals surface area contributed by atoms with Crippen LogP contribution in [0.5, 0.6) is 0 Å². The number of carbonyl (C=O) groups is 2. The van der Waals surface area contributed by atoms with Crippen LogP contribution in [0.15, 0.2) is 60.7 Å². The van der Waals surface area contributed by atoms with E-state index in [4.69, 9.17) is 0 Å². The quantitative estimate of drug-likeness (QED) is 0.835. The van der Waals surface area contributed by atoms with E-state index in [1.165, 1.54) is 0 Å². The Morgan fingerprint density at radius 3 is 2.00 bits per heavy atom. The molecule has 1 heterocycles. The van der Waals surface area contributed by atoms with Gasteiger partial charge in [-0.1, -0.05) is 60.7 Å². The van der Waals surface area contributed by atoms with Gasteiger partial charge in [0.15, 0.2) is 0 Å². The van der Waals surface area contributed by atoms with Crippen molar-refractivity contribution >= 4 is 11.8 Å². The van der Waals surface area contributed by atoms with E-state index in [1.807, 2.05) is 48.5 Å². The van der Waals surface area contributed by atoms with Crippen LogP contribution in [0.2, 0.25) is 0 Å². The maximum atomic E-state index is 12.5. The van der Waals surface area contributed by atoms with Crippen LogP contribution < -0.4 is 0 Å². The molecule has 0 aromatic heterocycles. The highest BCUT2D eigenvalue weighted by atomic mass is 16.4. The molecule has 0 bridgehead atoms. The number of carboxylic acid groups (broad SMARTS) is 1. The molecule has 2 aliphatic rings. The van der Waals surface area contributed by atoms with Gasteiger partial charge in [0.05, 0.1) is 10.8 Å². The lowest BCUT2D eigenvalue weighted by Gasteiger charge is -2.41. The third-order valence-electron chi connectivity index (χ3n) is 6.96. The summed E-state index contributed by atoms with van der Waals surface area (Å²) in [5, 5.41) is 9.90. The molecule has 2 atom stereocenters. The van der Waals surface area contributed by atoms with Gasteiger partial charge in [-0.3, -0.25) is 9.59 Å². The van der Waals surface area contributed by atoms with Gasteiger partial charge in [-0.25, -0.2) is 0 Å². The van der Waals surface area contributed by atoms with E-state index >= 15 is 0 Å². The average molecular weight is 377 g/mol. The maximum absolute atomic E-state index is 12.5. The van der Waals surface area contributed by atoms with Crippen LogP contribution in [0, 0.1) is 5.92 Å². The third kappa shape index (κ3) is 3.06. The van der Waals surface area contributed by atoms with Gasteiger partial charge in [-0.2, -0.15) is 0 Å². The highest BCUT2D eigenvalue weighted by Crippen LogP contribution is 2.55. The molecule has 1 aliphatic carbocycles. The number of aliphatic carboxylic acids is 1. The third-order valence-corrected chi connectivity index (χ3v) is 6.96. The second-order valence-corrected chi connectivity index (χ2v) is 8.35. The van der Waals surface area contributed by atoms with Crippen LogP contribution in [0.4, 0.5) is 0 Å². The average Bonchev–Trinajstić information content (AvgIpc) is 3.45. The Morgan fingerprint density at radius 1 is 0.964 bits per heavy atom. The highest BCUT2D eigenvalue weighted by Gasteiger charge is 2.61. The van der Waals surface area contributed by atoms with E-state index in [1.54, 1.807) is 6.92 Å². The lowest BCUT2D eigenvalue weighted by molar-refractivity contribution is -0.140. The molecule has 0 spiro atoms. The summed E-state index contributed by atoms with van der Waals surface area (Å²) in [5.41, 5.74) is 0.880. The lowest BCUT2D eigenvalue weighted by atomic mass is 9.70. The van der Waals surface area contributed by atoms with Crippen LogP contribution in [0.25, 0.3) is 0 Å². The Labute approximate surface area is 166 Å². The number of hydrogen-bond acceptors (Lipinski definition) is 3. The number of ketones is 1. The van der Waals surface area contributed by atoms with Crippen molar-refractivity contribution in [2.24, 2.45) is 5.92 Å². The number of carbonyl (C=O) groups excluding carboxylic acids is 1. The van der Waals surface area contributed by atoms with E-state index < -0.39 is 16.8 Å². The van der Waals surface area contributed by atoms with Crippen LogP contribution in [0.1, 0.15) is 37.3 Å². The number of hydrogen-bond donors (Lipinski definition) is 1. The number of Topliss-reactive ketones (excluding diaryl/α,β-unsaturated/α-hetero) is 1. The fraction of sp³-hybridized carbons (Fsp3) is 0.417. The van der Waals surface area contributed by atoms with Crippen LogP contribution in [0.3, 0.4) is 0 Å². The normalized spacial score (nSPS) is 26.5. The molecule has 4 nitrogen and oxygen atoms in total. The predicted molar refractivity (Wildman–Crippen MR) is 108 cm³/mol. The molecule has 146 valence electrons. The van der Waals surface area contributed by atoms with Gasteiger partial charge < -0.3 is 10.0 Å². The van der Waals surface area contributed by atoms with E-state index in [0.29, 0.717) is 6.42 Å². The molecule has 28 heavy (non-hydrogen) atoms. The summed E-state index contributed by atoms with van der Waals surface area (Å²) < 4.78 is 0. The van der Waals surface area contributed by atoms with Gasteiger partial charge in [0.1, 0.15) is 5.78 Å². The number of piperidine rings is 1. The Balaban J connectivity index is 1.45. The Kier molecular flexibility index (Phi) is 4.84. The zero-order valence-corrected chi connectivity index (χ0v) is 16.3. The summed E-state index contributed by atoms with van der Waals surface area (Å²) in [4.78, 5) is 26.9. The fourth-order valence-corrected chi connectivity index (χ4v) is 5.05. The molecule has 1 saturated carbocycles. The molecule has 2 aromatic rings. The molecule has 4 rings (SSSR count). The van der Waals surface area contributed by atoms with Gasteiger partial charge in [-0.15, -0.1) is 0 Å². The first-order chi connectivity index (χ1) is 13.5. The molecular formula is C24H27NO3. The minimum absolute atomic E-state index is 0.133. The molecule has 1 N–H and O–H groups in total. The van der Waals surface area contributed by atoms with Crippen LogP contribution in [-0.2, 0) is 20.4 Å². The Hall–Kier alpha value is -2.46. The molecule has 0 amide bonds. The van der Waals surface area contributed by atoms with Crippen LogP contribution >= 0.6 is 0 Å². The summed E-state index contributed by atoms with van der Waals surface area (Å²) in [7, 11) is 0. The first kappa shape index (κ1) is 18.9. The summed E-state index contributed by atoms with van der Waals surface area (Å²) in [5.74, 6) is -0.356. The number of likely N-dealkylation sites (tertiary alicyclic amines) is 1. The minimum Gasteiger partial charge on any atom is -0.481 e. The first-order valence-corrected chi connectivity index (χ1v) is 10.1. The van der Waals surface area contributed by atoms with Crippen molar-refractivity contribution in [3.63, 3.8) is 0 Å². The Bertz CT molecular complexity index is 856. The number of nitrogens with zero attached hydrogens (tertiary/aromatic N) is 1. The van der Waals surface area contributed by atoms with E-state index in [2.05, 4.69) is 17.0 Å². The molecule has 4 heteroatoms. The minimum atomic E-state index is -0.740. The zero-order chi connectivity index (χ0) is 19.8. The smallest absolute Gasteiger partial charge is 0.314 e. The zero-order valence-electron chi connectivity index (χ0n) is 16.3. The van der Waals surface area contributed by atoms with E-state index in [-0.39, 0.29) is 11.7 Å². The van der Waals surface area contributed by atoms with Gasteiger partial charge >= 0.3 is 5.97 Å². The van der Waals surface area contributed by atoms with Crippen molar-refractivity contribution in [3.8, 4) is 0 Å². The standard InChI is InChI=1S/C24H27NO3/c1-18(26)23(19-8-4-2-5-9-19)12-14-25(15-13-23)17-21-16-24(21,22(27)28)20-10-6-3-7-11-20/h2-11,21H,12-17H2,1H3,(H,27,28)/t21-,24+/m0/s1. The van der Waals surface area contributed by atoms with Crippen molar-refractivity contribution in [2.75, 3.05) is 19.6 Å². The maximum Gasteiger partial charge on any atom is 0.314 e. The van der Waals surface area contributed by atoms with Gasteiger partial charge in [0, 0.05) is 6.54 Å². The van der Waals surface area contributed by atoms with Gasteiger partial charge in [0.2, 0.25) is 0 Å². The second-order valence-electron chi connectivity index (χ2n) is 8.35. The van der Waals surface area contributed by atoms with Crippen molar-refractivity contribution in [1.82, 2.24) is 4.90 Å². The molecule has 0 unspecified atom stereocenters. The summed E-state index contributed by atoms with van der Waals surface area (Å²) in [6.45, 7) is 4.14. The van der Waals surface area contributed by atoms with E-state index in [9.17, 15) is 14.7 Å². The molecule has 1 saturated heterocycles. The van der Waals surface area contributed by atoms with Gasteiger partial charge in [-0.05, 0) is 56.3 Å². The van der Waals surface area contributed by atoms with E-state index in [0.717, 1.165) is 43.6 Å². The summed E-state index contributed by atoms with van der Waals surface area (Å²) in [6, 6.07) is 19.7. The summed E-state index contributed by atoms with van der Waals surface area (Å²) in [6.07, 6.45) is 2.29. The molecule has 0 radical (unpaired) electrons. The SMILES string of the molecule is CC(=O)C1(c2ccccc2)CCN(C[C@@H]2C[C@@]2(C(=O)O)c2ccccc2)CC1. The van der Waals surface area contributed by atoms with Crippen molar-refractivity contribution < 1.29 is 14.7 Å². The first-order valence-electron chi connectivity index (χ1n) is 10.1. The molecule has 2 aromatic carbocycles. The number of benzene rings is 2. The number of carboxylic acids is 1. The van der Waals surface area contributed by atoms with Gasteiger partial charge in [0.25, 0.3) is 0 Å². The molecule has 2 fully saturated rings. The topological polar surface area (TPSA) is 57.6 Å². The highest BCUT2D eigenvalue weighted by molar-refractivity contribution is 5.88. The molecule has 1 aliphatic heterocycles. The Morgan fingerprint density at radius 2 is 1.50 bits per heavy atom.